The second-order valence-corrected chi connectivity index (χ2v) is 10.6. The van der Waals surface area contributed by atoms with Gasteiger partial charge >= 0.3 is 6.09 Å². The van der Waals surface area contributed by atoms with E-state index in [1.165, 1.54) is 0 Å². The Morgan fingerprint density at radius 2 is 2.06 bits per heavy atom. The summed E-state index contributed by atoms with van der Waals surface area (Å²) in [7, 11) is 0. The van der Waals surface area contributed by atoms with E-state index in [0.717, 1.165) is 34.6 Å². The zero-order valence-electron chi connectivity index (χ0n) is 21.1. The third-order valence-electron chi connectivity index (χ3n) is 6.32. The summed E-state index contributed by atoms with van der Waals surface area (Å²) in [5.41, 5.74) is 2.98. The lowest BCUT2D eigenvalue weighted by atomic mass is 10.0. The molecular formula is C26H31ClN6O3. The smallest absolute Gasteiger partial charge is 0.410 e. The number of fused-ring (bicyclic) bond motifs is 1. The van der Waals surface area contributed by atoms with Gasteiger partial charge in [0.2, 0.25) is 0 Å². The highest BCUT2D eigenvalue weighted by atomic mass is 35.5. The van der Waals surface area contributed by atoms with Crippen molar-refractivity contribution in [2.75, 3.05) is 37.7 Å². The maximum atomic E-state index is 12.7. The fourth-order valence-corrected chi connectivity index (χ4v) is 4.86. The number of aromatic nitrogens is 4. The normalized spacial score (nSPS) is 18.9. The van der Waals surface area contributed by atoms with Crippen LogP contribution >= 0.6 is 11.6 Å². The number of carbonyl (C=O) groups excluding carboxylic acids is 1. The first-order valence-corrected chi connectivity index (χ1v) is 12.6. The van der Waals surface area contributed by atoms with Gasteiger partial charge in [-0.3, -0.25) is 0 Å². The fraction of sp³-hybridized carbons (Fsp3) is 0.462. The molecule has 1 aromatic carbocycles. The van der Waals surface area contributed by atoms with Crippen molar-refractivity contribution in [2.24, 2.45) is 0 Å². The van der Waals surface area contributed by atoms with Crippen molar-refractivity contribution in [3.8, 4) is 5.69 Å². The Morgan fingerprint density at radius 3 is 2.75 bits per heavy atom. The van der Waals surface area contributed by atoms with Crippen molar-refractivity contribution in [2.45, 2.75) is 45.8 Å². The van der Waals surface area contributed by atoms with Gasteiger partial charge in [0.1, 0.15) is 23.4 Å². The van der Waals surface area contributed by atoms with Crippen molar-refractivity contribution in [3.63, 3.8) is 0 Å². The molecule has 0 saturated carbocycles. The van der Waals surface area contributed by atoms with Crippen LogP contribution in [-0.4, -0.2) is 75.2 Å². The lowest BCUT2D eigenvalue weighted by Crippen LogP contribution is -2.54. The molecule has 5 rings (SSSR count). The van der Waals surface area contributed by atoms with Crippen LogP contribution in [0.25, 0.3) is 22.3 Å². The third kappa shape index (κ3) is 4.90. The molecule has 10 heteroatoms. The van der Waals surface area contributed by atoms with Crippen LogP contribution in [-0.2, 0) is 9.47 Å². The second kappa shape index (κ2) is 9.71. The monoisotopic (exact) mass is 510 g/mol. The molecule has 0 radical (unpaired) electrons. The van der Waals surface area contributed by atoms with E-state index < -0.39 is 5.60 Å². The van der Waals surface area contributed by atoms with Crippen LogP contribution in [0.15, 0.2) is 36.7 Å². The molecule has 1 fully saturated rings. The summed E-state index contributed by atoms with van der Waals surface area (Å²) in [6.45, 7) is 10.6. The van der Waals surface area contributed by atoms with Crippen LogP contribution in [0.4, 0.5) is 10.6 Å². The van der Waals surface area contributed by atoms with Crippen LogP contribution in [0.1, 0.15) is 39.8 Å². The van der Waals surface area contributed by atoms with Crippen molar-refractivity contribution in [3.05, 3.63) is 47.4 Å². The van der Waals surface area contributed by atoms with Gasteiger partial charge in [0.15, 0.2) is 5.65 Å². The number of ether oxygens (including phenoxy) is 2. The summed E-state index contributed by atoms with van der Waals surface area (Å²) in [4.78, 5) is 26.1. The highest BCUT2D eigenvalue weighted by Crippen LogP contribution is 2.35. The summed E-state index contributed by atoms with van der Waals surface area (Å²) >= 11 is 6.30. The van der Waals surface area contributed by atoms with Crippen LogP contribution < -0.4 is 4.90 Å². The van der Waals surface area contributed by atoms with E-state index in [2.05, 4.69) is 22.9 Å². The second-order valence-electron chi connectivity index (χ2n) is 10.2. The third-order valence-corrected chi connectivity index (χ3v) is 6.55. The molecule has 36 heavy (non-hydrogen) atoms. The van der Waals surface area contributed by atoms with Gasteiger partial charge in [0.25, 0.3) is 0 Å². The van der Waals surface area contributed by atoms with Gasteiger partial charge in [-0.1, -0.05) is 23.7 Å². The Balaban J connectivity index is 1.56. The highest BCUT2D eigenvalue weighted by molar-refractivity contribution is 6.30. The van der Waals surface area contributed by atoms with Crippen molar-refractivity contribution >= 4 is 40.1 Å². The minimum atomic E-state index is -0.530. The van der Waals surface area contributed by atoms with Gasteiger partial charge in [0.05, 0.1) is 24.3 Å². The minimum Gasteiger partial charge on any atom is -0.444 e. The molecule has 0 aliphatic carbocycles. The number of amides is 1. The molecule has 0 unspecified atom stereocenters. The van der Waals surface area contributed by atoms with Gasteiger partial charge in [-0.2, -0.15) is 5.10 Å². The zero-order valence-corrected chi connectivity index (χ0v) is 21.8. The number of rotatable bonds is 3. The molecule has 0 bridgehead atoms. The highest BCUT2D eigenvalue weighted by Gasteiger charge is 2.33. The molecule has 1 amide bonds. The summed E-state index contributed by atoms with van der Waals surface area (Å²) in [5, 5.41) is 6.53. The fourth-order valence-electron chi connectivity index (χ4n) is 4.67. The van der Waals surface area contributed by atoms with E-state index in [9.17, 15) is 4.79 Å². The molecule has 0 spiro atoms. The predicted molar refractivity (Wildman–Crippen MR) is 140 cm³/mol. The van der Waals surface area contributed by atoms with Gasteiger partial charge in [-0.05, 0) is 57.9 Å². The van der Waals surface area contributed by atoms with Crippen LogP contribution in [0.5, 0.6) is 0 Å². The van der Waals surface area contributed by atoms with Gasteiger partial charge in [-0.25, -0.2) is 19.4 Å². The zero-order chi connectivity index (χ0) is 25.4. The van der Waals surface area contributed by atoms with E-state index in [1.54, 1.807) is 11.2 Å². The summed E-state index contributed by atoms with van der Waals surface area (Å²) < 4.78 is 13.0. The molecule has 9 nitrogen and oxygen atoms in total. The number of hydrogen-bond acceptors (Lipinski definition) is 7. The molecule has 2 aromatic heterocycles. The Labute approximate surface area is 215 Å². The number of benzene rings is 1. The number of anilines is 1. The van der Waals surface area contributed by atoms with Crippen molar-refractivity contribution in [1.29, 1.82) is 0 Å². The lowest BCUT2D eigenvalue weighted by Gasteiger charge is -2.41. The quantitative estimate of drug-likeness (QED) is 0.504. The topological polar surface area (TPSA) is 85.6 Å². The molecule has 190 valence electrons. The summed E-state index contributed by atoms with van der Waals surface area (Å²) in [5.74, 6) is 0.812. The number of carbonyl (C=O) groups is 1. The molecule has 1 saturated heterocycles. The van der Waals surface area contributed by atoms with Crippen LogP contribution in [0, 0.1) is 0 Å². The summed E-state index contributed by atoms with van der Waals surface area (Å²) in [6.07, 6.45) is 4.13. The van der Waals surface area contributed by atoms with Gasteiger partial charge in [0, 0.05) is 30.7 Å². The Morgan fingerprint density at radius 1 is 1.22 bits per heavy atom. The number of hydrogen-bond donors (Lipinski definition) is 0. The average molecular weight is 511 g/mol. The molecule has 2 aliphatic heterocycles. The Bertz CT molecular complexity index is 1310. The van der Waals surface area contributed by atoms with Crippen molar-refractivity contribution in [1.82, 2.24) is 24.6 Å². The van der Waals surface area contributed by atoms with E-state index in [4.69, 9.17) is 31.2 Å². The SMILES string of the molecule is C[C@H]1CN(C(=O)OC(C)(C)C)CCN1c1ncnc2c1c(C1=CCOCC1)nn2-c1cccc(Cl)c1. The number of piperazine rings is 1. The van der Waals surface area contributed by atoms with E-state index in [0.29, 0.717) is 43.5 Å². The van der Waals surface area contributed by atoms with E-state index in [1.807, 2.05) is 49.7 Å². The molecule has 3 aromatic rings. The molecular weight excluding hydrogens is 480 g/mol. The molecule has 2 aliphatic rings. The maximum Gasteiger partial charge on any atom is 0.410 e. The largest absolute Gasteiger partial charge is 0.444 e. The van der Waals surface area contributed by atoms with Crippen LogP contribution in [0.2, 0.25) is 5.02 Å². The molecule has 0 N–H and O–H groups in total. The first-order valence-electron chi connectivity index (χ1n) is 12.2. The maximum absolute atomic E-state index is 12.7. The first-order chi connectivity index (χ1) is 17.2. The predicted octanol–water partition coefficient (Wildman–Crippen LogP) is 4.72. The Hall–Kier alpha value is -3.17. The summed E-state index contributed by atoms with van der Waals surface area (Å²) in [6, 6.07) is 7.60. The minimum absolute atomic E-state index is 0.0235. The standard InChI is InChI=1S/C26H31ClN6O3/c1-17-15-31(25(34)36-26(2,3)4)10-11-32(17)23-21-22(18-8-12-35-13-9-18)30-33(24(21)29-16-28-23)20-7-5-6-19(27)14-20/h5-8,14,16-17H,9-13,15H2,1-4H3/t17-/m0/s1. The van der Waals surface area contributed by atoms with Gasteiger partial charge < -0.3 is 19.3 Å². The van der Waals surface area contributed by atoms with Gasteiger partial charge in [-0.15, -0.1) is 0 Å². The average Bonchev–Trinajstić information content (AvgIpc) is 3.24. The lowest BCUT2D eigenvalue weighted by molar-refractivity contribution is 0.0218. The van der Waals surface area contributed by atoms with E-state index >= 15 is 0 Å². The van der Waals surface area contributed by atoms with E-state index in [-0.39, 0.29) is 12.1 Å². The number of nitrogens with zero attached hydrogens (tertiary/aromatic N) is 6. The van der Waals surface area contributed by atoms with Crippen molar-refractivity contribution < 1.29 is 14.3 Å². The molecule has 1 atom stereocenters. The first kappa shape index (κ1) is 24.5. The molecule has 4 heterocycles. The number of halogens is 1. The Kier molecular flexibility index (Phi) is 6.61. The van der Waals surface area contributed by atoms with Crippen LogP contribution in [0.3, 0.4) is 0 Å².